The minimum atomic E-state index is -1.84. The van der Waals surface area contributed by atoms with Gasteiger partial charge in [-0.2, -0.15) is 0 Å². The molecular weight excluding hydrogens is 348 g/mol. The molecule has 0 bridgehead atoms. The first-order valence-electron chi connectivity index (χ1n) is 8.73. The largest absolute Gasteiger partial charge is 0.506 e. The number of para-hydroxylation sites is 1. The number of aromatic hydroxyl groups is 1. The number of aliphatic hydroxyl groups is 1. The minimum Gasteiger partial charge on any atom is -0.506 e. The van der Waals surface area contributed by atoms with Gasteiger partial charge < -0.3 is 19.5 Å². The summed E-state index contributed by atoms with van der Waals surface area (Å²) in [6.07, 6.45) is 0.0977. The molecule has 2 aliphatic heterocycles. The van der Waals surface area contributed by atoms with Gasteiger partial charge in [-0.15, -0.1) is 0 Å². The summed E-state index contributed by atoms with van der Waals surface area (Å²) in [6.45, 7) is 1.86. The lowest BCUT2D eigenvalue weighted by Gasteiger charge is -2.31. The van der Waals surface area contributed by atoms with Crippen LogP contribution in [0.1, 0.15) is 30.0 Å². The second kappa shape index (κ2) is 5.17. The zero-order valence-electron chi connectivity index (χ0n) is 14.5. The van der Waals surface area contributed by atoms with Gasteiger partial charge in [0.2, 0.25) is 0 Å². The molecule has 1 atom stereocenters. The number of esters is 1. The molecule has 4 heterocycles. The van der Waals surface area contributed by atoms with Crippen molar-refractivity contribution >= 4 is 16.9 Å². The summed E-state index contributed by atoms with van der Waals surface area (Å²) in [5, 5.41) is 21.7. The molecule has 0 spiro atoms. The monoisotopic (exact) mass is 364 g/mol. The third-order valence-electron chi connectivity index (χ3n) is 5.52. The molecule has 0 saturated heterocycles. The Morgan fingerprint density at radius 1 is 1.30 bits per heavy atom. The van der Waals surface area contributed by atoms with Crippen LogP contribution in [0.15, 0.2) is 35.1 Å². The second-order valence-corrected chi connectivity index (χ2v) is 6.95. The molecule has 1 aromatic carbocycles. The SMILES string of the molecule is CC[C@@]1(O)C(=O)OCc2c1cc1n(c2=O)Cc2cc3cccc(O)c3nc2-1. The van der Waals surface area contributed by atoms with Crippen LogP contribution in [0.3, 0.4) is 0 Å². The molecule has 0 amide bonds. The molecule has 0 aliphatic carbocycles. The number of rotatable bonds is 1. The minimum absolute atomic E-state index is 0.0581. The number of nitrogens with zero attached hydrogens (tertiary/aromatic N) is 2. The van der Waals surface area contributed by atoms with Crippen LogP contribution < -0.4 is 5.56 Å². The van der Waals surface area contributed by atoms with Gasteiger partial charge in [-0.1, -0.05) is 19.1 Å². The van der Waals surface area contributed by atoms with E-state index in [9.17, 15) is 19.8 Å². The van der Waals surface area contributed by atoms with Gasteiger partial charge in [-0.25, -0.2) is 9.78 Å². The maximum atomic E-state index is 13.0. The van der Waals surface area contributed by atoms with Gasteiger partial charge in [-0.05, 0) is 24.6 Å². The fraction of sp³-hybridized carbons (Fsp3) is 0.250. The first-order valence-corrected chi connectivity index (χ1v) is 8.73. The first kappa shape index (κ1) is 16.0. The molecule has 5 rings (SSSR count). The zero-order valence-corrected chi connectivity index (χ0v) is 14.5. The fourth-order valence-corrected chi connectivity index (χ4v) is 3.99. The van der Waals surface area contributed by atoms with Crippen molar-refractivity contribution in [2.24, 2.45) is 0 Å². The molecule has 7 heteroatoms. The smallest absolute Gasteiger partial charge is 0.343 e. The molecule has 136 valence electrons. The Morgan fingerprint density at radius 3 is 2.89 bits per heavy atom. The fourth-order valence-electron chi connectivity index (χ4n) is 3.99. The predicted molar refractivity (Wildman–Crippen MR) is 96.2 cm³/mol. The zero-order chi connectivity index (χ0) is 18.9. The van der Waals surface area contributed by atoms with E-state index in [1.54, 1.807) is 29.7 Å². The lowest BCUT2D eigenvalue weighted by Crippen LogP contribution is -2.44. The molecule has 0 saturated carbocycles. The normalized spacial score (nSPS) is 20.1. The standard InChI is InChI=1S/C20H16N2O5/c1-2-20(26)13-7-14-16-11(6-10-4-3-5-15(23)17(10)21-16)8-22(14)18(24)12(13)9-27-19(20)25/h3-7,23,26H,2,8-9H2,1H3/t20-/m0/s1. The highest BCUT2D eigenvalue weighted by atomic mass is 16.6. The summed E-state index contributed by atoms with van der Waals surface area (Å²) in [7, 11) is 0. The summed E-state index contributed by atoms with van der Waals surface area (Å²) in [6, 6.07) is 8.70. The number of cyclic esters (lactones) is 1. The van der Waals surface area contributed by atoms with Crippen molar-refractivity contribution in [2.45, 2.75) is 32.1 Å². The molecule has 7 nitrogen and oxygen atoms in total. The number of phenols is 1. The number of phenolic OH excluding ortho intramolecular Hbond substituents is 1. The van der Waals surface area contributed by atoms with E-state index < -0.39 is 11.6 Å². The summed E-state index contributed by atoms with van der Waals surface area (Å²) < 4.78 is 6.63. The van der Waals surface area contributed by atoms with Crippen LogP contribution >= 0.6 is 0 Å². The lowest BCUT2D eigenvalue weighted by atomic mass is 9.86. The molecule has 27 heavy (non-hydrogen) atoms. The summed E-state index contributed by atoms with van der Waals surface area (Å²) >= 11 is 0. The maximum absolute atomic E-state index is 13.0. The van der Waals surface area contributed by atoms with Crippen molar-refractivity contribution in [1.29, 1.82) is 0 Å². The number of carbonyl (C=O) groups excluding carboxylic acids is 1. The number of hydrogen-bond acceptors (Lipinski definition) is 6. The lowest BCUT2D eigenvalue weighted by molar-refractivity contribution is -0.172. The Kier molecular flexibility index (Phi) is 3.07. The van der Waals surface area contributed by atoms with Gasteiger partial charge in [0.15, 0.2) is 5.60 Å². The topological polar surface area (TPSA) is 102 Å². The molecule has 0 unspecified atom stereocenters. The molecule has 3 aromatic rings. The van der Waals surface area contributed by atoms with Crippen LogP contribution in [0.2, 0.25) is 0 Å². The van der Waals surface area contributed by atoms with Crippen LogP contribution in [0.4, 0.5) is 0 Å². The molecule has 2 aliphatic rings. The Labute approximate surface area is 153 Å². The average molecular weight is 364 g/mol. The molecular formula is C20H16N2O5. The number of aromatic nitrogens is 2. The van der Waals surface area contributed by atoms with E-state index in [0.29, 0.717) is 29.0 Å². The number of pyridine rings is 2. The predicted octanol–water partition coefficient (Wildman–Crippen LogP) is 1.79. The highest BCUT2D eigenvalue weighted by Gasteiger charge is 2.45. The van der Waals surface area contributed by atoms with Crippen LogP contribution in [0.5, 0.6) is 5.75 Å². The molecule has 2 aromatic heterocycles. The summed E-state index contributed by atoms with van der Waals surface area (Å²) in [5.41, 5.74) is 0.826. The van der Waals surface area contributed by atoms with E-state index in [2.05, 4.69) is 4.98 Å². The summed E-state index contributed by atoms with van der Waals surface area (Å²) in [4.78, 5) is 29.8. The van der Waals surface area contributed by atoms with Crippen LogP contribution in [0, 0.1) is 0 Å². The van der Waals surface area contributed by atoms with Crippen LogP contribution in [-0.2, 0) is 28.3 Å². The van der Waals surface area contributed by atoms with E-state index in [1.807, 2.05) is 12.1 Å². The van der Waals surface area contributed by atoms with E-state index >= 15 is 0 Å². The van der Waals surface area contributed by atoms with Crippen molar-refractivity contribution in [2.75, 3.05) is 0 Å². The quantitative estimate of drug-likeness (QED) is 0.499. The van der Waals surface area contributed by atoms with Crippen molar-refractivity contribution < 1.29 is 19.7 Å². The van der Waals surface area contributed by atoms with Crippen LogP contribution in [-0.4, -0.2) is 25.7 Å². The van der Waals surface area contributed by atoms with Gasteiger partial charge in [0, 0.05) is 16.5 Å². The van der Waals surface area contributed by atoms with Crippen molar-refractivity contribution in [3.8, 4) is 17.1 Å². The van der Waals surface area contributed by atoms with Crippen LogP contribution in [0.25, 0.3) is 22.3 Å². The number of fused-ring (bicyclic) bond motifs is 5. The molecule has 2 N–H and O–H groups in total. The van der Waals surface area contributed by atoms with Crippen molar-refractivity contribution in [3.05, 3.63) is 57.4 Å². The first-order chi connectivity index (χ1) is 12.9. The second-order valence-electron chi connectivity index (χ2n) is 6.95. The Bertz CT molecular complexity index is 1210. The van der Waals surface area contributed by atoms with E-state index in [-0.39, 0.29) is 29.9 Å². The molecule has 0 fully saturated rings. The summed E-state index contributed by atoms with van der Waals surface area (Å²) in [5.74, 6) is -0.688. The van der Waals surface area contributed by atoms with Gasteiger partial charge in [0.05, 0.1) is 23.5 Å². The third-order valence-corrected chi connectivity index (χ3v) is 5.52. The Hall–Kier alpha value is -3.19. The number of hydrogen-bond donors (Lipinski definition) is 2. The van der Waals surface area contributed by atoms with Gasteiger partial charge in [0.1, 0.15) is 17.9 Å². The third kappa shape index (κ3) is 1.97. The van der Waals surface area contributed by atoms with Crippen molar-refractivity contribution in [3.63, 3.8) is 0 Å². The number of benzene rings is 1. The van der Waals surface area contributed by atoms with Gasteiger partial charge in [-0.3, -0.25) is 4.79 Å². The molecule has 0 radical (unpaired) electrons. The highest BCUT2D eigenvalue weighted by molar-refractivity contribution is 5.89. The van der Waals surface area contributed by atoms with E-state index in [4.69, 9.17) is 4.74 Å². The van der Waals surface area contributed by atoms with Crippen molar-refractivity contribution in [1.82, 2.24) is 9.55 Å². The van der Waals surface area contributed by atoms with Gasteiger partial charge >= 0.3 is 5.97 Å². The Balaban J connectivity index is 1.82. The number of carbonyl (C=O) groups is 1. The Morgan fingerprint density at radius 2 is 2.11 bits per heavy atom. The maximum Gasteiger partial charge on any atom is 0.343 e. The van der Waals surface area contributed by atoms with Gasteiger partial charge in [0.25, 0.3) is 5.56 Å². The number of ether oxygens (including phenoxy) is 1. The van der Waals surface area contributed by atoms with E-state index in [0.717, 1.165) is 10.9 Å². The highest BCUT2D eigenvalue weighted by Crippen LogP contribution is 2.39. The average Bonchev–Trinajstić information content (AvgIpc) is 3.02. The van der Waals surface area contributed by atoms with E-state index in [1.165, 1.54) is 0 Å².